The van der Waals surface area contributed by atoms with Gasteiger partial charge in [-0.2, -0.15) is 0 Å². The Morgan fingerprint density at radius 3 is 2.40 bits per heavy atom. The minimum absolute atomic E-state index is 0.214. The number of hydrogen-bond donors (Lipinski definition) is 2. The Morgan fingerprint density at radius 2 is 1.80 bits per heavy atom. The predicted molar refractivity (Wildman–Crippen MR) is 75.6 cm³/mol. The minimum Gasteiger partial charge on any atom is -0.355 e. The highest BCUT2D eigenvalue weighted by Crippen LogP contribution is 2.06. The smallest absolute Gasteiger partial charge is 0.229 e. The number of carbonyl (C=O) groups is 2. The second kappa shape index (κ2) is 7.03. The molecule has 5 heteroatoms. The molecule has 0 aromatic heterocycles. The quantitative estimate of drug-likeness (QED) is 0.808. The van der Waals surface area contributed by atoms with Crippen molar-refractivity contribution in [2.75, 3.05) is 6.54 Å². The van der Waals surface area contributed by atoms with Gasteiger partial charge in [0.05, 0.1) is 0 Å². The molecule has 0 fully saturated rings. The summed E-state index contributed by atoms with van der Waals surface area (Å²) >= 11 is 0. The van der Waals surface area contributed by atoms with Gasteiger partial charge in [-0.25, -0.2) is 4.39 Å². The van der Waals surface area contributed by atoms with Gasteiger partial charge in [-0.1, -0.05) is 18.2 Å². The van der Waals surface area contributed by atoms with Crippen molar-refractivity contribution in [3.05, 3.63) is 35.6 Å². The fourth-order valence-corrected chi connectivity index (χ4v) is 1.71. The zero-order chi connectivity index (χ0) is 15.2. The molecule has 110 valence electrons. The molecule has 1 aromatic carbocycles. The maximum Gasteiger partial charge on any atom is 0.229 e. The van der Waals surface area contributed by atoms with E-state index in [1.54, 1.807) is 18.2 Å². The molecule has 0 atom stereocenters. The van der Waals surface area contributed by atoms with Gasteiger partial charge in [0.1, 0.15) is 12.2 Å². The molecule has 0 aliphatic rings. The van der Waals surface area contributed by atoms with E-state index in [1.807, 2.05) is 20.8 Å². The summed E-state index contributed by atoms with van der Waals surface area (Å²) in [5.74, 6) is -0.962. The Hall–Kier alpha value is -1.91. The summed E-state index contributed by atoms with van der Waals surface area (Å²) in [5, 5.41) is 5.32. The van der Waals surface area contributed by atoms with E-state index in [0.29, 0.717) is 18.5 Å². The van der Waals surface area contributed by atoms with Gasteiger partial charge in [0.25, 0.3) is 0 Å². The maximum atomic E-state index is 13.3. The second-order valence-corrected chi connectivity index (χ2v) is 5.67. The SMILES string of the molecule is CC(C)(C)NC(=O)CC(=O)NCCc1ccccc1F. The average molecular weight is 280 g/mol. The number of rotatable bonds is 5. The van der Waals surface area contributed by atoms with Crippen LogP contribution in [0.15, 0.2) is 24.3 Å². The van der Waals surface area contributed by atoms with Gasteiger partial charge in [-0.15, -0.1) is 0 Å². The first kappa shape index (κ1) is 16.1. The summed E-state index contributed by atoms with van der Waals surface area (Å²) in [4.78, 5) is 23.1. The summed E-state index contributed by atoms with van der Waals surface area (Å²) in [6.07, 6.45) is 0.188. The summed E-state index contributed by atoms with van der Waals surface area (Å²) < 4.78 is 13.3. The minimum atomic E-state index is -0.358. The maximum absolute atomic E-state index is 13.3. The lowest BCUT2D eigenvalue weighted by Gasteiger charge is -2.20. The number of benzene rings is 1. The van der Waals surface area contributed by atoms with Crippen molar-refractivity contribution in [1.29, 1.82) is 0 Å². The van der Waals surface area contributed by atoms with Gasteiger partial charge in [-0.05, 0) is 38.8 Å². The van der Waals surface area contributed by atoms with Crippen LogP contribution in [0.2, 0.25) is 0 Å². The zero-order valence-electron chi connectivity index (χ0n) is 12.1. The topological polar surface area (TPSA) is 58.2 Å². The molecule has 4 nitrogen and oxygen atoms in total. The highest BCUT2D eigenvalue weighted by atomic mass is 19.1. The molecule has 0 spiro atoms. The predicted octanol–water partition coefficient (Wildman–Crippen LogP) is 1.79. The highest BCUT2D eigenvalue weighted by molar-refractivity contribution is 5.97. The van der Waals surface area contributed by atoms with Crippen molar-refractivity contribution < 1.29 is 14.0 Å². The monoisotopic (exact) mass is 280 g/mol. The molecule has 1 rings (SSSR count). The van der Waals surface area contributed by atoms with Crippen LogP contribution in [0.5, 0.6) is 0 Å². The zero-order valence-corrected chi connectivity index (χ0v) is 12.1. The molecule has 0 heterocycles. The fourth-order valence-electron chi connectivity index (χ4n) is 1.71. The van der Waals surface area contributed by atoms with Crippen LogP contribution in [-0.4, -0.2) is 23.9 Å². The van der Waals surface area contributed by atoms with Crippen LogP contribution in [0.1, 0.15) is 32.8 Å². The number of halogens is 1. The van der Waals surface area contributed by atoms with Crippen molar-refractivity contribution in [2.45, 2.75) is 39.2 Å². The Morgan fingerprint density at radius 1 is 1.15 bits per heavy atom. The molecule has 0 aliphatic carbocycles. The fraction of sp³-hybridized carbons (Fsp3) is 0.467. The molecule has 0 aliphatic heterocycles. The molecular weight excluding hydrogens is 259 g/mol. The summed E-state index contributed by atoms with van der Waals surface area (Å²) in [7, 11) is 0. The van der Waals surface area contributed by atoms with Crippen LogP contribution in [0.25, 0.3) is 0 Å². The van der Waals surface area contributed by atoms with Crippen LogP contribution in [0.3, 0.4) is 0 Å². The molecule has 2 N–H and O–H groups in total. The third-order valence-electron chi connectivity index (χ3n) is 2.51. The van der Waals surface area contributed by atoms with Crippen LogP contribution < -0.4 is 10.6 Å². The van der Waals surface area contributed by atoms with Crippen LogP contribution in [0.4, 0.5) is 4.39 Å². The Kier molecular flexibility index (Phi) is 5.67. The van der Waals surface area contributed by atoms with Crippen LogP contribution in [0, 0.1) is 5.82 Å². The molecule has 0 saturated heterocycles. The number of carbonyl (C=O) groups excluding carboxylic acids is 2. The standard InChI is InChI=1S/C15H21FN2O2/c1-15(2,3)18-14(20)10-13(19)17-9-8-11-6-4-5-7-12(11)16/h4-7H,8-10H2,1-3H3,(H,17,19)(H,18,20). The van der Waals surface area contributed by atoms with Gasteiger partial charge in [0.2, 0.25) is 11.8 Å². The number of hydrogen-bond acceptors (Lipinski definition) is 2. The molecule has 0 bridgehead atoms. The highest BCUT2D eigenvalue weighted by Gasteiger charge is 2.16. The van der Waals surface area contributed by atoms with Crippen molar-refractivity contribution >= 4 is 11.8 Å². The molecular formula is C15H21FN2O2. The van der Waals surface area contributed by atoms with Gasteiger partial charge in [0.15, 0.2) is 0 Å². The molecule has 20 heavy (non-hydrogen) atoms. The first-order chi connectivity index (χ1) is 9.28. The first-order valence-electron chi connectivity index (χ1n) is 6.59. The van der Waals surface area contributed by atoms with E-state index in [9.17, 15) is 14.0 Å². The van der Waals surface area contributed by atoms with Crippen LogP contribution >= 0.6 is 0 Å². The number of amides is 2. The van der Waals surface area contributed by atoms with E-state index in [0.717, 1.165) is 0 Å². The van der Waals surface area contributed by atoms with Gasteiger partial charge in [-0.3, -0.25) is 9.59 Å². The molecule has 0 unspecified atom stereocenters. The van der Waals surface area contributed by atoms with Crippen LogP contribution in [-0.2, 0) is 16.0 Å². The van der Waals surface area contributed by atoms with E-state index < -0.39 is 0 Å². The molecule has 2 amide bonds. The third-order valence-corrected chi connectivity index (χ3v) is 2.51. The van der Waals surface area contributed by atoms with E-state index in [1.165, 1.54) is 6.07 Å². The second-order valence-electron chi connectivity index (χ2n) is 5.67. The third kappa shape index (κ3) is 6.31. The average Bonchev–Trinajstić information content (AvgIpc) is 2.28. The normalized spacial score (nSPS) is 11.0. The first-order valence-corrected chi connectivity index (χ1v) is 6.59. The molecule has 0 saturated carbocycles. The Bertz CT molecular complexity index is 481. The summed E-state index contributed by atoms with van der Waals surface area (Å²) in [6.45, 7) is 5.85. The molecule has 0 radical (unpaired) electrons. The van der Waals surface area contributed by atoms with Gasteiger partial charge < -0.3 is 10.6 Å². The Balaban J connectivity index is 2.31. The lowest BCUT2D eigenvalue weighted by molar-refractivity contribution is -0.130. The van der Waals surface area contributed by atoms with E-state index in [2.05, 4.69) is 10.6 Å². The largest absolute Gasteiger partial charge is 0.355 e. The van der Waals surface area contributed by atoms with Crippen molar-refractivity contribution in [1.82, 2.24) is 10.6 Å². The van der Waals surface area contributed by atoms with E-state index in [-0.39, 0.29) is 29.6 Å². The van der Waals surface area contributed by atoms with Crippen molar-refractivity contribution in [3.63, 3.8) is 0 Å². The van der Waals surface area contributed by atoms with Gasteiger partial charge in [0, 0.05) is 12.1 Å². The molecule has 1 aromatic rings. The lowest BCUT2D eigenvalue weighted by Crippen LogP contribution is -2.42. The van der Waals surface area contributed by atoms with Crippen molar-refractivity contribution in [3.8, 4) is 0 Å². The van der Waals surface area contributed by atoms with E-state index in [4.69, 9.17) is 0 Å². The lowest BCUT2D eigenvalue weighted by atomic mass is 10.1. The van der Waals surface area contributed by atoms with Gasteiger partial charge >= 0.3 is 0 Å². The number of nitrogens with one attached hydrogen (secondary N) is 2. The van der Waals surface area contributed by atoms with Crippen molar-refractivity contribution in [2.24, 2.45) is 0 Å². The van der Waals surface area contributed by atoms with E-state index >= 15 is 0 Å². The summed E-state index contributed by atoms with van der Waals surface area (Å²) in [6, 6.07) is 6.42. The summed E-state index contributed by atoms with van der Waals surface area (Å²) in [5.41, 5.74) is 0.191. The Labute approximate surface area is 118 Å².